The monoisotopic (exact) mass is 251 g/mol. The molecule has 0 unspecified atom stereocenters. The van der Waals surface area contributed by atoms with E-state index in [2.05, 4.69) is 16.8 Å². The zero-order valence-electron chi connectivity index (χ0n) is 10.8. The summed E-state index contributed by atoms with van der Waals surface area (Å²) in [7, 11) is 0. The van der Waals surface area contributed by atoms with Crippen molar-refractivity contribution in [2.75, 3.05) is 23.7 Å². The van der Waals surface area contributed by atoms with E-state index in [1.807, 2.05) is 0 Å². The third-order valence-electron chi connectivity index (χ3n) is 3.38. The van der Waals surface area contributed by atoms with Crippen LogP contribution in [-0.4, -0.2) is 28.0 Å². The first-order valence-electron chi connectivity index (χ1n) is 6.55. The van der Waals surface area contributed by atoms with Gasteiger partial charge in [0.25, 0.3) is 5.62 Å². The Morgan fingerprint density at radius 2 is 2.00 bits per heavy atom. The van der Waals surface area contributed by atoms with Crippen LogP contribution in [0.2, 0.25) is 0 Å². The van der Waals surface area contributed by atoms with Crippen LogP contribution in [0.25, 0.3) is 0 Å². The highest BCUT2D eigenvalue weighted by Gasteiger charge is 2.19. The second kappa shape index (κ2) is 5.29. The molecular weight excluding hydrogens is 230 g/mol. The van der Waals surface area contributed by atoms with Gasteiger partial charge in [0.1, 0.15) is 5.82 Å². The van der Waals surface area contributed by atoms with Crippen LogP contribution >= 0.6 is 0 Å². The van der Waals surface area contributed by atoms with E-state index in [4.69, 9.17) is 11.1 Å². The van der Waals surface area contributed by atoms with Gasteiger partial charge < -0.3 is 15.8 Å². The molecule has 0 amide bonds. The van der Waals surface area contributed by atoms with E-state index in [0.717, 1.165) is 50.2 Å². The summed E-state index contributed by atoms with van der Waals surface area (Å²) in [4.78, 5) is 6.38. The molecule has 0 saturated carbocycles. The molecule has 6 heteroatoms. The lowest BCUT2D eigenvalue weighted by Crippen LogP contribution is -2.35. The van der Waals surface area contributed by atoms with E-state index in [0.29, 0.717) is 4.73 Å². The van der Waals surface area contributed by atoms with Gasteiger partial charge in [-0.05, 0) is 25.7 Å². The SMILES string of the molecule is CCCc1c(N2CCCCC2)nc(=N)n(O)c1N. The number of nitrogens with two attached hydrogens (primary N) is 1. The van der Waals surface area contributed by atoms with E-state index in [1.165, 1.54) is 6.42 Å². The predicted molar refractivity (Wildman–Crippen MR) is 69.7 cm³/mol. The van der Waals surface area contributed by atoms with E-state index >= 15 is 0 Å². The lowest BCUT2D eigenvalue weighted by molar-refractivity contribution is 0.171. The molecule has 0 radical (unpaired) electrons. The molecule has 18 heavy (non-hydrogen) atoms. The van der Waals surface area contributed by atoms with Crippen molar-refractivity contribution in [3.63, 3.8) is 0 Å². The Balaban J connectivity index is 2.46. The molecule has 0 atom stereocenters. The predicted octanol–water partition coefficient (Wildman–Crippen LogP) is 1.12. The van der Waals surface area contributed by atoms with Crippen LogP contribution < -0.4 is 16.3 Å². The minimum atomic E-state index is -0.201. The Hall–Kier alpha value is -1.72. The van der Waals surface area contributed by atoms with Crippen LogP contribution in [0.1, 0.15) is 38.2 Å². The topological polar surface area (TPSA) is 91.2 Å². The molecule has 2 rings (SSSR count). The number of aromatic nitrogens is 2. The van der Waals surface area contributed by atoms with Gasteiger partial charge in [-0.3, -0.25) is 5.41 Å². The number of nitrogens with one attached hydrogen (secondary N) is 1. The molecule has 1 saturated heterocycles. The van der Waals surface area contributed by atoms with Crippen LogP contribution in [0.3, 0.4) is 0 Å². The van der Waals surface area contributed by atoms with Gasteiger partial charge in [0.2, 0.25) is 0 Å². The number of hydrogen-bond acceptors (Lipinski definition) is 5. The van der Waals surface area contributed by atoms with Crippen LogP contribution in [0.4, 0.5) is 11.6 Å². The van der Waals surface area contributed by atoms with Crippen molar-refractivity contribution in [3.05, 3.63) is 11.2 Å². The second-order valence-corrected chi connectivity index (χ2v) is 4.73. The molecule has 6 nitrogen and oxygen atoms in total. The van der Waals surface area contributed by atoms with Gasteiger partial charge in [0, 0.05) is 18.7 Å². The molecule has 4 N–H and O–H groups in total. The minimum absolute atomic E-state index is 0.201. The maximum absolute atomic E-state index is 9.66. The lowest BCUT2D eigenvalue weighted by atomic mass is 10.1. The first-order chi connectivity index (χ1) is 8.65. The highest BCUT2D eigenvalue weighted by atomic mass is 16.5. The molecule has 0 aliphatic carbocycles. The van der Waals surface area contributed by atoms with Crippen molar-refractivity contribution in [3.8, 4) is 0 Å². The van der Waals surface area contributed by atoms with Gasteiger partial charge in [0.15, 0.2) is 5.82 Å². The fourth-order valence-electron chi connectivity index (χ4n) is 2.43. The summed E-state index contributed by atoms with van der Waals surface area (Å²) in [5.74, 6) is 1.03. The van der Waals surface area contributed by atoms with Crippen LogP contribution in [0.5, 0.6) is 0 Å². The Morgan fingerprint density at radius 1 is 1.33 bits per heavy atom. The van der Waals surface area contributed by atoms with Crippen molar-refractivity contribution >= 4 is 11.6 Å². The Morgan fingerprint density at radius 3 is 2.61 bits per heavy atom. The largest absolute Gasteiger partial charge is 0.423 e. The van der Waals surface area contributed by atoms with Crippen molar-refractivity contribution in [2.24, 2.45) is 0 Å². The number of nitrogens with zero attached hydrogens (tertiary/aromatic N) is 3. The molecule has 100 valence electrons. The molecule has 1 aromatic rings. The van der Waals surface area contributed by atoms with E-state index in [1.54, 1.807) is 0 Å². The first-order valence-corrected chi connectivity index (χ1v) is 6.55. The summed E-state index contributed by atoms with van der Waals surface area (Å²) >= 11 is 0. The molecule has 2 heterocycles. The summed E-state index contributed by atoms with van der Waals surface area (Å²) in [5.41, 5.74) is 6.56. The number of piperidine rings is 1. The fraction of sp³-hybridized carbons (Fsp3) is 0.667. The summed E-state index contributed by atoms with van der Waals surface area (Å²) in [6.45, 7) is 3.98. The van der Waals surface area contributed by atoms with Crippen LogP contribution in [0.15, 0.2) is 0 Å². The third kappa shape index (κ3) is 2.27. The molecule has 1 aliphatic rings. The molecule has 0 aromatic carbocycles. The van der Waals surface area contributed by atoms with Crippen molar-refractivity contribution in [2.45, 2.75) is 39.0 Å². The first kappa shape index (κ1) is 12.7. The average Bonchev–Trinajstić information content (AvgIpc) is 2.40. The molecule has 0 bridgehead atoms. The van der Waals surface area contributed by atoms with Crippen molar-refractivity contribution in [1.29, 1.82) is 5.41 Å². The van der Waals surface area contributed by atoms with Gasteiger partial charge in [-0.15, -0.1) is 4.73 Å². The maximum atomic E-state index is 9.66. The Labute approximate surface area is 107 Å². The zero-order chi connectivity index (χ0) is 13.1. The quantitative estimate of drug-likeness (QED) is 0.702. The van der Waals surface area contributed by atoms with Crippen molar-refractivity contribution in [1.82, 2.24) is 9.71 Å². The summed E-state index contributed by atoms with van der Waals surface area (Å²) in [5, 5.41) is 17.3. The normalized spacial score (nSPS) is 15.9. The minimum Gasteiger partial charge on any atom is -0.423 e. The highest BCUT2D eigenvalue weighted by molar-refractivity contribution is 5.57. The van der Waals surface area contributed by atoms with Gasteiger partial charge in [-0.2, -0.15) is 4.98 Å². The molecule has 1 aliphatic heterocycles. The second-order valence-electron chi connectivity index (χ2n) is 4.73. The molecule has 1 fully saturated rings. The van der Waals surface area contributed by atoms with E-state index in [-0.39, 0.29) is 11.4 Å². The van der Waals surface area contributed by atoms with Gasteiger partial charge in [-0.25, -0.2) is 0 Å². The maximum Gasteiger partial charge on any atom is 0.259 e. The zero-order valence-corrected chi connectivity index (χ0v) is 10.8. The number of rotatable bonds is 3. The van der Waals surface area contributed by atoms with Crippen LogP contribution in [-0.2, 0) is 6.42 Å². The van der Waals surface area contributed by atoms with E-state index < -0.39 is 0 Å². The third-order valence-corrected chi connectivity index (χ3v) is 3.38. The fourth-order valence-corrected chi connectivity index (χ4v) is 2.43. The van der Waals surface area contributed by atoms with E-state index in [9.17, 15) is 5.21 Å². The van der Waals surface area contributed by atoms with Crippen LogP contribution in [0, 0.1) is 5.41 Å². The summed E-state index contributed by atoms with van der Waals surface area (Å²) in [6.07, 6.45) is 5.24. The summed E-state index contributed by atoms with van der Waals surface area (Å²) < 4.78 is 0.665. The number of anilines is 2. The molecular formula is C12H21N5O. The van der Waals surface area contributed by atoms with Crippen molar-refractivity contribution < 1.29 is 5.21 Å². The summed E-state index contributed by atoms with van der Waals surface area (Å²) in [6, 6.07) is 0. The lowest BCUT2D eigenvalue weighted by Gasteiger charge is -2.30. The standard InChI is InChI=1S/C12H21N5O/c1-2-6-9-10(13)17(18)12(14)15-11(9)16-7-4-3-5-8-16/h14,18H,2-8,13H2,1H3. The Kier molecular flexibility index (Phi) is 3.74. The van der Waals surface area contributed by atoms with Gasteiger partial charge >= 0.3 is 0 Å². The van der Waals surface area contributed by atoms with Gasteiger partial charge in [-0.1, -0.05) is 13.3 Å². The average molecular weight is 251 g/mol. The smallest absolute Gasteiger partial charge is 0.259 e. The number of hydrogen-bond donors (Lipinski definition) is 3. The van der Waals surface area contributed by atoms with Gasteiger partial charge in [0.05, 0.1) is 0 Å². The Bertz CT molecular complexity index is 476. The molecule has 1 aromatic heterocycles. The highest BCUT2D eigenvalue weighted by Crippen LogP contribution is 2.25. The molecule has 0 spiro atoms. The number of nitrogen functional groups attached to an aromatic ring is 1.